The number of halogens is 3. The summed E-state index contributed by atoms with van der Waals surface area (Å²) in [6.07, 6.45) is 0. The number of rotatable bonds is 3. The monoisotopic (exact) mass is 359 g/mol. The van der Waals surface area contributed by atoms with Gasteiger partial charge in [-0.05, 0) is 19.1 Å². The smallest absolute Gasteiger partial charge is 0.308 e. The number of anilines is 1. The number of hydrogen-bond donors (Lipinski definition) is 1. The molecular formula is C15H12Cl3NO3. The van der Waals surface area contributed by atoms with Crippen molar-refractivity contribution in [1.82, 2.24) is 0 Å². The number of carbonyl (C=O) groups is 1. The van der Waals surface area contributed by atoms with E-state index in [1.54, 1.807) is 25.1 Å². The maximum absolute atomic E-state index is 11.1. The van der Waals surface area contributed by atoms with Crippen LogP contribution in [0, 0.1) is 6.92 Å². The van der Waals surface area contributed by atoms with E-state index in [1.165, 1.54) is 13.0 Å². The highest BCUT2D eigenvalue weighted by molar-refractivity contribution is 6.38. The van der Waals surface area contributed by atoms with Crippen LogP contribution in [0.5, 0.6) is 17.2 Å². The number of carbonyl (C=O) groups excluding carboxylic acids is 1. The molecule has 7 heteroatoms. The van der Waals surface area contributed by atoms with Gasteiger partial charge in [-0.15, -0.1) is 0 Å². The lowest BCUT2D eigenvalue weighted by Gasteiger charge is -2.14. The number of nitrogen functional groups attached to an aromatic ring is 1. The normalized spacial score (nSPS) is 10.4. The van der Waals surface area contributed by atoms with Crippen molar-refractivity contribution in [2.45, 2.75) is 13.8 Å². The first-order valence-electron chi connectivity index (χ1n) is 6.19. The number of nitrogens with two attached hydrogens (primary N) is 1. The first-order chi connectivity index (χ1) is 10.3. The highest BCUT2D eigenvalue weighted by Crippen LogP contribution is 2.43. The molecule has 22 heavy (non-hydrogen) atoms. The Hall–Kier alpha value is -1.62. The molecule has 2 aromatic rings. The van der Waals surface area contributed by atoms with Crippen LogP contribution in [0.25, 0.3) is 0 Å². The minimum atomic E-state index is -0.464. The van der Waals surface area contributed by atoms with Crippen molar-refractivity contribution >= 4 is 46.5 Å². The van der Waals surface area contributed by atoms with Crippen LogP contribution in [0.15, 0.2) is 24.3 Å². The quantitative estimate of drug-likeness (QED) is 0.461. The first kappa shape index (κ1) is 16.7. The van der Waals surface area contributed by atoms with Crippen molar-refractivity contribution < 1.29 is 14.3 Å². The zero-order chi connectivity index (χ0) is 16.4. The summed E-state index contributed by atoms with van der Waals surface area (Å²) in [5.74, 6) is 0.500. The Labute approximate surface area is 142 Å². The van der Waals surface area contributed by atoms with Gasteiger partial charge in [-0.25, -0.2) is 0 Å². The third kappa shape index (κ3) is 3.58. The second-order valence-electron chi connectivity index (χ2n) is 4.50. The fourth-order valence-corrected chi connectivity index (χ4v) is 2.40. The van der Waals surface area contributed by atoms with Crippen LogP contribution < -0.4 is 15.2 Å². The third-order valence-electron chi connectivity index (χ3n) is 2.82. The van der Waals surface area contributed by atoms with Crippen molar-refractivity contribution in [2.24, 2.45) is 0 Å². The van der Waals surface area contributed by atoms with Gasteiger partial charge >= 0.3 is 5.97 Å². The number of hydrogen-bond acceptors (Lipinski definition) is 4. The van der Waals surface area contributed by atoms with Crippen molar-refractivity contribution in [3.63, 3.8) is 0 Å². The molecule has 0 heterocycles. The molecule has 0 bridgehead atoms. The highest BCUT2D eigenvalue weighted by Gasteiger charge is 2.17. The fourth-order valence-electron chi connectivity index (χ4n) is 1.72. The molecule has 0 aromatic heterocycles. The molecule has 0 spiro atoms. The van der Waals surface area contributed by atoms with Crippen LogP contribution >= 0.6 is 34.8 Å². The van der Waals surface area contributed by atoms with Crippen LogP contribution in [-0.4, -0.2) is 5.97 Å². The Morgan fingerprint density at radius 1 is 1.14 bits per heavy atom. The molecule has 2 aromatic carbocycles. The van der Waals surface area contributed by atoms with Gasteiger partial charge in [0.2, 0.25) is 0 Å². The summed E-state index contributed by atoms with van der Waals surface area (Å²) in [4.78, 5) is 11.1. The van der Waals surface area contributed by atoms with E-state index in [0.717, 1.165) is 0 Å². The summed E-state index contributed by atoms with van der Waals surface area (Å²) in [6.45, 7) is 2.99. The number of ether oxygens (including phenoxy) is 2. The highest BCUT2D eigenvalue weighted by atomic mass is 35.5. The predicted octanol–water partition coefficient (Wildman–Crippen LogP) is 5.26. The van der Waals surface area contributed by atoms with Crippen LogP contribution in [0.4, 0.5) is 5.69 Å². The van der Waals surface area contributed by atoms with Crippen LogP contribution in [0.2, 0.25) is 15.1 Å². The SMILES string of the molecule is CC(=O)Oc1cc(Cl)c(Oc2ccc(N)c(Cl)c2)c(Cl)c1C. The van der Waals surface area contributed by atoms with E-state index in [0.29, 0.717) is 22.0 Å². The minimum Gasteiger partial charge on any atom is -0.454 e. The van der Waals surface area contributed by atoms with E-state index in [1.807, 2.05) is 0 Å². The van der Waals surface area contributed by atoms with Gasteiger partial charge in [0.1, 0.15) is 11.5 Å². The molecule has 116 valence electrons. The predicted molar refractivity (Wildman–Crippen MR) is 88.4 cm³/mol. The van der Waals surface area contributed by atoms with Gasteiger partial charge in [0.25, 0.3) is 0 Å². The molecule has 0 atom stereocenters. The van der Waals surface area contributed by atoms with Crippen molar-refractivity contribution in [1.29, 1.82) is 0 Å². The summed E-state index contributed by atoms with van der Waals surface area (Å²) in [5.41, 5.74) is 6.62. The average molecular weight is 361 g/mol. The van der Waals surface area contributed by atoms with Crippen LogP contribution in [0.1, 0.15) is 12.5 Å². The van der Waals surface area contributed by atoms with E-state index >= 15 is 0 Å². The van der Waals surface area contributed by atoms with Gasteiger partial charge in [0.15, 0.2) is 5.75 Å². The molecule has 0 saturated carbocycles. The third-order valence-corrected chi connectivity index (χ3v) is 3.88. The summed E-state index contributed by atoms with van der Waals surface area (Å²) < 4.78 is 10.7. The molecule has 0 aliphatic carbocycles. The Balaban J connectivity index is 2.41. The Morgan fingerprint density at radius 2 is 1.82 bits per heavy atom. The van der Waals surface area contributed by atoms with Crippen molar-refractivity contribution in [3.05, 3.63) is 44.9 Å². The lowest BCUT2D eigenvalue weighted by atomic mass is 10.2. The maximum Gasteiger partial charge on any atom is 0.308 e. The van der Waals surface area contributed by atoms with E-state index in [2.05, 4.69) is 0 Å². The largest absolute Gasteiger partial charge is 0.454 e. The van der Waals surface area contributed by atoms with E-state index in [-0.39, 0.29) is 21.5 Å². The molecule has 0 fully saturated rings. The Morgan fingerprint density at radius 3 is 2.41 bits per heavy atom. The molecule has 2 rings (SSSR count). The molecule has 0 unspecified atom stereocenters. The van der Waals surface area contributed by atoms with E-state index < -0.39 is 5.97 Å². The fraction of sp³-hybridized carbons (Fsp3) is 0.133. The van der Waals surface area contributed by atoms with Gasteiger partial charge in [-0.2, -0.15) is 0 Å². The summed E-state index contributed by atoms with van der Waals surface area (Å²) in [6, 6.07) is 6.28. The second-order valence-corrected chi connectivity index (χ2v) is 5.70. The molecule has 4 nitrogen and oxygen atoms in total. The Bertz CT molecular complexity index is 747. The average Bonchev–Trinajstić information content (AvgIpc) is 2.44. The van der Waals surface area contributed by atoms with Gasteiger partial charge in [-0.3, -0.25) is 4.79 Å². The lowest BCUT2D eigenvalue weighted by Crippen LogP contribution is -2.03. The molecule has 2 N–H and O–H groups in total. The summed E-state index contributed by atoms with van der Waals surface area (Å²) >= 11 is 18.3. The zero-order valence-corrected chi connectivity index (χ0v) is 14.0. The van der Waals surface area contributed by atoms with Crippen LogP contribution in [-0.2, 0) is 4.79 Å². The topological polar surface area (TPSA) is 61.5 Å². The zero-order valence-electron chi connectivity index (χ0n) is 11.7. The maximum atomic E-state index is 11.1. The Kier molecular flexibility index (Phi) is 5.06. The minimum absolute atomic E-state index is 0.208. The van der Waals surface area contributed by atoms with Gasteiger partial charge in [0.05, 0.1) is 20.8 Å². The van der Waals surface area contributed by atoms with Crippen molar-refractivity contribution in [2.75, 3.05) is 5.73 Å². The van der Waals surface area contributed by atoms with E-state index in [9.17, 15) is 4.79 Å². The summed E-state index contributed by atoms with van der Waals surface area (Å²) in [5, 5.41) is 0.814. The molecular weight excluding hydrogens is 349 g/mol. The standard InChI is InChI=1S/C15H12Cl3NO3/c1-7-13(21-8(2)20)6-11(17)15(14(7)18)22-9-3-4-12(19)10(16)5-9/h3-6H,19H2,1-2H3. The van der Waals surface area contributed by atoms with Crippen LogP contribution in [0.3, 0.4) is 0 Å². The molecule has 0 radical (unpaired) electrons. The number of esters is 1. The summed E-state index contributed by atoms with van der Waals surface area (Å²) in [7, 11) is 0. The molecule has 0 aliphatic heterocycles. The second kappa shape index (κ2) is 6.65. The number of benzene rings is 2. The molecule has 0 amide bonds. The lowest BCUT2D eigenvalue weighted by molar-refractivity contribution is -0.131. The van der Waals surface area contributed by atoms with Gasteiger partial charge in [0, 0.05) is 24.6 Å². The van der Waals surface area contributed by atoms with E-state index in [4.69, 9.17) is 50.0 Å². The molecule has 0 saturated heterocycles. The van der Waals surface area contributed by atoms with Crippen molar-refractivity contribution in [3.8, 4) is 17.2 Å². The van der Waals surface area contributed by atoms with Gasteiger partial charge in [-0.1, -0.05) is 34.8 Å². The first-order valence-corrected chi connectivity index (χ1v) is 7.33. The van der Waals surface area contributed by atoms with Gasteiger partial charge < -0.3 is 15.2 Å². The molecule has 0 aliphatic rings.